The smallest absolute Gasteiger partial charge is 0.407 e. The Kier molecular flexibility index (Phi) is 9.68. The lowest BCUT2D eigenvalue weighted by Gasteiger charge is -2.19. The van der Waals surface area contributed by atoms with Crippen molar-refractivity contribution >= 4 is 23.2 Å². The first kappa shape index (κ1) is 28.0. The lowest BCUT2D eigenvalue weighted by atomic mass is 9.90. The van der Waals surface area contributed by atoms with Gasteiger partial charge in [0.1, 0.15) is 6.61 Å². The zero-order chi connectivity index (χ0) is 28.3. The van der Waals surface area contributed by atoms with Crippen LogP contribution in [0.5, 0.6) is 0 Å². The third-order valence-corrected chi connectivity index (χ3v) is 7.22. The molecule has 41 heavy (non-hydrogen) atoms. The number of amides is 1. The molecule has 1 aliphatic carbocycles. The summed E-state index contributed by atoms with van der Waals surface area (Å²) >= 11 is 0. The number of benzene rings is 2. The van der Waals surface area contributed by atoms with Crippen molar-refractivity contribution in [1.29, 1.82) is 0 Å². The number of pyridine rings is 1. The van der Waals surface area contributed by atoms with Crippen LogP contribution in [-0.4, -0.2) is 36.8 Å². The summed E-state index contributed by atoms with van der Waals surface area (Å²) in [6.07, 6.45) is 13.3. The van der Waals surface area contributed by atoms with Crippen molar-refractivity contribution in [2.75, 3.05) is 30.3 Å². The number of fused-ring (bicyclic) bond motifs is 1. The fourth-order valence-corrected chi connectivity index (χ4v) is 4.94. The number of nitrogens with one attached hydrogen (secondary N) is 5. The fourth-order valence-electron chi connectivity index (χ4n) is 4.94. The topological polar surface area (TPSA) is 99.3 Å². The van der Waals surface area contributed by atoms with Crippen molar-refractivity contribution in [3.63, 3.8) is 0 Å². The summed E-state index contributed by atoms with van der Waals surface area (Å²) in [5, 5.41) is 16.6. The van der Waals surface area contributed by atoms with Crippen molar-refractivity contribution in [3.8, 4) is 0 Å². The van der Waals surface area contributed by atoms with Gasteiger partial charge in [0.2, 0.25) is 0 Å². The van der Waals surface area contributed by atoms with E-state index in [1.165, 1.54) is 5.57 Å². The number of rotatable bonds is 13. The molecular weight excluding hydrogens is 512 g/mol. The molecular formula is C33H38N6O2. The molecule has 0 radical (unpaired) electrons. The lowest BCUT2D eigenvalue weighted by Crippen LogP contribution is -2.33. The van der Waals surface area contributed by atoms with E-state index in [0.29, 0.717) is 25.0 Å². The van der Waals surface area contributed by atoms with Crippen LogP contribution >= 0.6 is 0 Å². The van der Waals surface area contributed by atoms with Gasteiger partial charge in [0.15, 0.2) is 0 Å². The average Bonchev–Trinajstić information content (AvgIpc) is 3.43. The van der Waals surface area contributed by atoms with Crippen molar-refractivity contribution < 1.29 is 9.53 Å². The molecule has 1 aliphatic heterocycles. The predicted molar refractivity (Wildman–Crippen MR) is 165 cm³/mol. The van der Waals surface area contributed by atoms with Crippen LogP contribution in [0.2, 0.25) is 0 Å². The first-order valence-electron chi connectivity index (χ1n) is 14.2. The number of ether oxygens (including phenoxy) is 1. The van der Waals surface area contributed by atoms with Crippen LogP contribution in [0.15, 0.2) is 109 Å². The lowest BCUT2D eigenvalue weighted by molar-refractivity contribution is 0.139. The number of aromatic nitrogens is 1. The molecule has 5 rings (SSSR count). The molecule has 0 bridgehead atoms. The van der Waals surface area contributed by atoms with Gasteiger partial charge in [0.25, 0.3) is 0 Å². The van der Waals surface area contributed by atoms with Crippen LogP contribution in [0.1, 0.15) is 30.6 Å². The van der Waals surface area contributed by atoms with Gasteiger partial charge in [-0.25, -0.2) is 4.79 Å². The van der Waals surface area contributed by atoms with Crippen LogP contribution < -0.4 is 26.6 Å². The summed E-state index contributed by atoms with van der Waals surface area (Å²) in [6.45, 7) is 4.26. The van der Waals surface area contributed by atoms with E-state index in [2.05, 4.69) is 93.3 Å². The normalized spacial score (nSPS) is 17.6. The highest BCUT2D eigenvalue weighted by Gasteiger charge is 2.26. The minimum absolute atomic E-state index is 0.0195. The highest BCUT2D eigenvalue weighted by Crippen LogP contribution is 2.28. The number of alkyl carbamates (subject to hydrolysis) is 1. The molecule has 3 aromatic rings. The Labute approximate surface area is 242 Å². The molecule has 3 unspecified atom stereocenters. The summed E-state index contributed by atoms with van der Waals surface area (Å²) in [6, 6.07) is 22.4. The van der Waals surface area contributed by atoms with E-state index >= 15 is 0 Å². The maximum atomic E-state index is 11.9. The largest absolute Gasteiger partial charge is 0.445 e. The molecule has 212 valence electrons. The fraction of sp³-hybridized carbons (Fsp3) is 0.273. The highest BCUT2D eigenvalue weighted by molar-refractivity contribution is 5.67. The van der Waals surface area contributed by atoms with Crippen molar-refractivity contribution in [1.82, 2.24) is 20.9 Å². The molecule has 2 aliphatic rings. The first-order chi connectivity index (χ1) is 20.1. The van der Waals surface area contributed by atoms with Gasteiger partial charge in [-0.15, -0.1) is 0 Å². The quantitative estimate of drug-likeness (QED) is 0.172. The zero-order valence-electron chi connectivity index (χ0n) is 23.3. The number of allylic oxidation sites excluding steroid dienone is 2. The van der Waals surface area contributed by atoms with E-state index in [0.717, 1.165) is 41.3 Å². The van der Waals surface area contributed by atoms with Gasteiger partial charge >= 0.3 is 6.09 Å². The van der Waals surface area contributed by atoms with Gasteiger partial charge in [-0.3, -0.25) is 4.98 Å². The van der Waals surface area contributed by atoms with Crippen LogP contribution in [0.4, 0.5) is 21.9 Å². The number of hydrogen-bond acceptors (Lipinski definition) is 7. The van der Waals surface area contributed by atoms with Gasteiger partial charge in [0, 0.05) is 54.9 Å². The summed E-state index contributed by atoms with van der Waals surface area (Å²) in [5.41, 5.74) is 6.40. The van der Waals surface area contributed by atoms with Crippen molar-refractivity contribution in [3.05, 3.63) is 120 Å². The van der Waals surface area contributed by atoms with Gasteiger partial charge in [0.05, 0.1) is 11.7 Å². The SMILES string of the molecule is CC(NCCNC(=O)OCc1ccccc1)c1cc(Nc2ccc(NCCC3=CNC4C=CC=CC34)cc2)ccn1. The molecule has 1 amide bonds. The Morgan fingerprint density at radius 1 is 0.951 bits per heavy atom. The van der Waals surface area contributed by atoms with E-state index in [1.54, 1.807) is 6.20 Å². The summed E-state index contributed by atoms with van der Waals surface area (Å²) < 4.78 is 5.25. The molecule has 0 fully saturated rings. The summed E-state index contributed by atoms with van der Waals surface area (Å²) in [7, 11) is 0. The van der Waals surface area contributed by atoms with E-state index in [-0.39, 0.29) is 12.6 Å². The van der Waals surface area contributed by atoms with Crippen LogP contribution in [-0.2, 0) is 11.3 Å². The molecule has 8 heteroatoms. The number of nitrogens with zero attached hydrogens (tertiary/aromatic N) is 1. The van der Waals surface area contributed by atoms with E-state index in [4.69, 9.17) is 4.74 Å². The zero-order valence-corrected chi connectivity index (χ0v) is 23.3. The average molecular weight is 551 g/mol. The second-order valence-corrected chi connectivity index (χ2v) is 10.2. The Morgan fingerprint density at radius 2 is 1.76 bits per heavy atom. The molecule has 0 spiro atoms. The minimum atomic E-state index is -0.426. The Hall–Kier alpha value is -4.56. The number of carbonyl (C=O) groups is 1. The minimum Gasteiger partial charge on any atom is -0.445 e. The van der Waals surface area contributed by atoms with Gasteiger partial charge in [-0.1, -0.05) is 54.6 Å². The summed E-state index contributed by atoms with van der Waals surface area (Å²) in [4.78, 5) is 16.5. The summed E-state index contributed by atoms with van der Waals surface area (Å²) in [5.74, 6) is 0.474. The maximum Gasteiger partial charge on any atom is 0.407 e. The number of anilines is 3. The third-order valence-electron chi connectivity index (χ3n) is 7.22. The Morgan fingerprint density at radius 3 is 2.61 bits per heavy atom. The van der Waals surface area contributed by atoms with Crippen LogP contribution in [0.25, 0.3) is 0 Å². The highest BCUT2D eigenvalue weighted by atomic mass is 16.5. The maximum absolute atomic E-state index is 11.9. The van der Waals surface area contributed by atoms with E-state index in [1.807, 2.05) is 42.5 Å². The van der Waals surface area contributed by atoms with Crippen LogP contribution in [0.3, 0.4) is 0 Å². The van der Waals surface area contributed by atoms with Gasteiger partial charge in [-0.05, 0) is 67.1 Å². The van der Waals surface area contributed by atoms with Crippen molar-refractivity contribution in [2.24, 2.45) is 5.92 Å². The van der Waals surface area contributed by atoms with Gasteiger partial charge in [-0.2, -0.15) is 0 Å². The second-order valence-electron chi connectivity index (χ2n) is 10.2. The first-order valence-corrected chi connectivity index (χ1v) is 14.2. The molecule has 3 atom stereocenters. The van der Waals surface area contributed by atoms with E-state index in [9.17, 15) is 4.79 Å². The third kappa shape index (κ3) is 8.22. The predicted octanol–water partition coefficient (Wildman–Crippen LogP) is 5.80. The molecule has 8 nitrogen and oxygen atoms in total. The molecule has 1 aromatic heterocycles. The van der Waals surface area contributed by atoms with E-state index < -0.39 is 6.09 Å². The molecule has 0 saturated carbocycles. The second kappa shape index (κ2) is 14.2. The standard InChI is InChI=1S/C33H38N6O2/c1-24(34-19-20-37-33(40)41-23-25-7-3-2-4-8-25)32-21-29(16-18-36-32)39-28-13-11-27(12-14-28)35-17-15-26-22-38-31-10-6-5-9-30(26)31/h2-14,16,18,21-22,24,30-31,34-35,38H,15,17,19-20,23H2,1H3,(H,36,39)(H,37,40). The Balaban J connectivity index is 1.01. The molecule has 2 heterocycles. The number of hydrogen-bond donors (Lipinski definition) is 5. The Bertz CT molecular complexity index is 1370. The monoisotopic (exact) mass is 550 g/mol. The molecule has 5 N–H and O–H groups in total. The number of carbonyl (C=O) groups excluding carboxylic acids is 1. The van der Waals surface area contributed by atoms with Gasteiger partial charge < -0.3 is 31.3 Å². The van der Waals surface area contributed by atoms with Crippen LogP contribution in [0, 0.1) is 5.92 Å². The van der Waals surface area contributed by atoms with Crippen molar-refractivity contribution in [2.45, 2.75) is 32.0 Å². The molecule has 0 saturated heterocycles. The molecule has 2 aromatic carbocycles.